The van der Waals surface area contributed by atoms with Gasteiger partial charge in [0.25, 0.3) is 0 Å². The van der Waals surface area contributed by atoms with Gasteiger partial charge in [-0.25, -0.2) is 0 Å². The average Bonchev–Trinajstić information content (AvgIpc) is 3.15. The molecule has 0 aliphatic carbocycles. The molecule has 0 bridgehead atoms. The molecule has 0 spiro atoms. The fourth-order valence-corrected chi connectivity index (χ4v) is 2.98. The summed E-state index contributed by atoms with van der Waals surface area (Å²) >= 11 is 1.68. The number of hydrogen-bond donors (Lipinski definition) is 2. The number of nitrogens with one attached hydrogen (secondary N) is 2. The number of hydrogen-bond acceptors (Lipinski definition) is 3. The van der Waals surface area contributed by atoms with E-state index < -0.39 is 12.8 Å². The third kappa shape index (κ3) is 8.83. The molecule has 1 aromatic carbocycles. The molecule has 0 saturated carbocycles. The van der Waals surface area contributed by atoms with Gasteiger partial charge in [0.1, 0.15) is 5.75 Å². The highest BCUT2D eigenvalue weighted by Gasteiger charge is 2.28. The molecule has 0 aliphatic heterocycles. The Morgan fingerprint density at radius 1 is 1.19 bits per heavy atom. The minimum Gasteiger partial charge on any atom is -0.484 e. The van der Waals surface area contributed by atoms with Crippen LogP contribution in [0.4, 0.5) is 13.2 Å². The summed E-state index contributed by atoms with van der Waals surface area (Å²) in [6.07, 6.45) is -4.33. The van der Waals surface area contributed by atoms with Gasteiger partial charge in [-0.3, -0.25) is 4.99 Å². The number of aliphatic imine (C=N–C) groups is 1. The molecule has 1 unspecified atom stereocenters. The van der Waals surface area contributed by atoms with Crippen LogP contribution >= 0.6 is 35.3 Å². The topological polar surface area (TPSA) is 45.7 Å². The van der Waals surface area contributed by atoms with Gasteiger partial charge < -0.3 is 15.4 Å². The van der Waals surface area contributed by atoms with Crippen molar-refractivity contribution < 1.29 is 17.9 Å². The van der Waals surface area contributed by atoms with E-state index in [4.69, 9.17) is 4.74 Å². The van der Waals surface area contributed by atoms with Crippen LogP contribution in [0.1, 0.15) is 24.0 Å². The molecule has 0 amide bonds. The summed E-state index contributed by atoms with van der Waals surface area (Å²) in [6, 6.07) is 8.60. The van der Waals surface area contributed by atoms with E-state index >= 15 is 0 Å². The maximum absolute atomic E-state index is 12.1. The number of benzene rings is 1. The molecule has 2 aromatic rings. The van der Waals surface area contributed by atoms with Crippen molar-refractivity contribution in [3.05, 3.63) is 52.2 Å². The molecule has 4 nitrogen and oxygen atoms in total. The van der Waals surface area contributed by atoms with Gasteiger partial charge >= 0.3 is 6.18 Å². The molecular weight excluding hydrogens is 490 g/mol. The van der Waals surface area contributed by atoms with Crippen molar-refractivity contribution in [2.45, 2.75) is 25.6 Å². The largest absolute Gasteiger partial charge is 0.484 e. The Morgan fingerprint density at radius 2 is 1.89 bits per heavy atom. The highest BCUT2D eigenvalue weighted by molar-refractivity contribution is 14.0. The number of halogens is 4. The highest BCUT2D eigenvalue weighted by Crippen LogP contribution is 2.19. The fourth-order valence-electron chi connectivity index (χ4n) is 2.20. The maximum atomic E-state index is 12.1. The van der Waals surface area contributed by atoms with Crippen LogP contribution in [0.3, 0.4) is 0 Å². The van der Waals surface area contributed by atoms with Gasteiger partial charge in [0, 0.05) is 20.1 Å². The van der Waals surface area contributed by atoms with Crippen molar-refractivity contribution in [1.29, 1.82) is 0 Å². The van der Waals surface area contributed by atoms with Crippen molar-refractivity contribution >= 4 is 41.3 Å². The minimum atomic E-state index is -4.33. The van der Waals surface area contributed by atoms with Gasteiger partial charge in [-0.15, -0.1) is 24.0 Å². The van der Waals surface area contributed by atoms with Crippen molar-refractivity contribution in [2.75, 3.05) is 20.2 Å². The van der Waals surface area contributed by atoms with Crippen LogP contribution in [0.15, 0.2) is 46.1 Å². The molecule has 0 radical (unpaired) electrons. The molecule has 2 rings (SSSR count). The molecule has 0 aliphatic rings. The SMILES string of the molecule is CN=C(NCc1ccc(OCC(F)(F)F)cc1)NCC(C)c1ccsc1.I. The Hall–Kier alpha value is -1.49. The predicted molar refractivity (Wildman–Crippen MR) is 114 cm³/mol. The number of rotatable bonds is 7. The van der Waals surface area contributed by atoms with Crippen LogP contribution in [0.25, 0.3) is 0 Å². The Morgan fingerprint density at radius 3 is 2.44 bits per heavy atom. The van der Waals surface area contributed by atoms with Crippen LogP contribution < -0.4 is 15.4 Å². The summed E-state index contributed by atoms with van der Waals surface area (Å²) in [4.78, 5) is 4.18. The number of nitrogens with zero attached hydrogens (tertiary/aromatic N) is 1. The molecule has 2 N–H and O–H groups in total. The molecule has 1 atom stereocenters. The Bertz CT molecular complexity index is 691. The average molecular weight is 513 g/mol. The lowest BCUT2D eigenvalue weighted by Crippen LogP contribution is -2.38. The van der Waals surface area contributed by atoms with E-state index in [9.17, 15) is 13.2 Å². The van der Waals surface area contributed by atoms with E-state index in [0.717, 1.165) is 12.1 Å². The molecule has 0 fully saturated rings. The van der Waals surface area contributed by atoms with Crippen LogP contribution in [-0.4, -0.2) is 32.3 Å². The van der Waals surface area contributed by atoms with Crippen LogP contribution in [0, 0.1) is 0 Å². The van der Waals surface area contributed by atoms with E-state index in [-0.39, 0.29) is 29.7 Å². The van der Waals surface area contributed by atoms with Gasteiger partial charge in [-0.2, -0.15) is 24.5 Å². The lowest BCUT2D eigenvalue weighted by Gasteiger charge is -2.15. The van der Waals surface area contributed by atoms with E-state index in [2.05, 4.69) is 39.4 Å². The monoisotopic (exact) mass is 513 g/mol. The molecular formula is C18H23F3IN3OS. The summed E-state index contributed by atoms with van der Waals surface area (Å²) in [7, 11) is 1.69. The Balaban J connectivity index is 0.00000364. The first-order valence-electron chi connectivity index (χ1n) is 8.12. The van der Waals surface area contributed by atoms with Crippen LogP contribution in [0.2, 0.25) is 0 Å². The van der Waals surface area contributed by atoms with E-state index in [1.54, 1.807) is 30.5 Å². The molecule has 27 heavy (non-hydrogen) atoms. The standard InChI is InChI=1S/C18H22F3N3OS.HI/c1-13(15-7-8-26-11-15)9-23-17(22-2)24-10-14-3-5-16(6-4-14)25-12-18(19,20)21;/h3-8,11,13H,9-10,12H2,1-2H3,(H2,22,23,24);1H. The van der Waals surface area contributed by atoms with E-state index in [1.807, 2.05) is 0 Å². The third-order valence-electron chi connectivity index (χ3n) is 3.70. The van der Waals surface area contributed by atoms with Crippen LogP contribution in [0.5, 0.6) is 5.75 Å². The van der Waals surface area contributed by atoms with Crippen molar-refractivity contribution in [2.24, 2.45) is 4.99 Å². The highest BCUT2D eigenvalue weighted by atomic mass is 127. The zero-order chi connectivity index (χ0) is 19.0. The van der Waals surface area contributed by atoms with Gasteiger partial charge in [-0.05, 0) is 46.0 Å². The summed E-state index contributed by atoms with van der Waals surface area (Å²) < 4.78 is 41.1. The lowest BCUT2D eigenvalue weighted by atomic mass is 10.1. The van der Waals surface area contributed by atoms with Gasteiger partial charge in [0.2, 0.25) is 0 Å². The molecule has 0 saturated heterocycles. The zero-order valence-corrected chi connectivity index (χ0v) is 18.2. The first kappa shape index (κ1) is 23.5. The number of alkyl halides is 3. The molecule has 150 valence electrons. The zero-order valence-electron chi connectivity index (χ0n) is 15.0. The smallest absolute Gasteiger partial charge is 0.422 e. The van der Waals surface area contributed by atoms with E-state index in [0.29, 0.717) is 18.4 Å². The van der Waals surface area contributed by atoms with Crippen molar-refractivity contribution in [1.82, 2.24) is 10.6 Å². The second-order valence-electron chi connectivity index (χ2n) is 5.81. The number of thiophene rings is 1. The third-order valence-corrected chi connectivity index (χ3v) is 4.40. The second-order valence-corrected chi connectivity index (χ2v) is 6.59. The Kier molecular flexibility index (Phi) is 9.92. The first-order valence-corrected chi connectivity index (χ1v) is 9.07. The summed E-state index contributed by atoms with van der Waals surface area (Å²) in [5.41, 5.74) is 2.20. The quantitative estimate of drug-likeness (QED) is 0.319. The molecule has 1 heterocycles. The summed E-state index contributed by atoms with van der Waals surface area (Å²) in [5.74, 6) is 1.23. The molecule has 9 heteroatoms. The predicted octanol–water partition coefficient (Wildman–Crippen LogP) is 4.78. The van der Waals surface area contributed by atoms with Gasteiger partial charge in [0.15, 0.2) is 12.6 Å². The maximum Gasteiger partial charge on any atom is 0.422 e. The molecule has 1 aromatic heterocycles. The van der Waals surface area contributed by atoms with Crippen molar-refractivity contribution in [3.63, 3.8) is 0 Å². The Labute approximate surface area is 178 Å². The summed E-state index contributed by atoms with van der Waals surface area (Å²) in [5, 5.41) is 10.6. The second kappa shape index (κ2) is 11.4. The lowest BCUT2D eigenvalue weighted by molar-refractivity contribution is -0.153. The minimum absolute atomic E-state index is 0. The summed E-state index contributed by atoms with van der Waals surface area (Å²) in [6.45, 7) is 2.11. The van der Waals surface area contributed by atoms with Crippen LogP contribution in [-0.2, 0) is 6.54 Å². The normalized spacial score (nSPS) is 12.9. The fraction of sp³-hybridized carbons (Fsp3) is 0.389. The first-order chi connectivity index (χ1) is 12.4. The van der Waals surface area contributed by atoms with E-state index in [1.165, 1.54) is 17.7 Å². The number of ether oxygens (including phenoxy) is 1. The number of guanidine groups is 1. The van der Waals surface area contributed by atoms with Gasteiger partial charge in [-0.1, -0.05) is 19.1 Å². The van der Waals surface area contributed by atoms with Gasteiger partial charge in [0.05, 0.1) is 0 Å². The van der Waals surface area contributed by atoms with Crippen molar-refractivity contribution in [3.8, 4) is 5.75 Å².